The zero-order chi connectivity index (χ0) is 46.6. The Kier molecular flexibility index (Phi) is 21.5. The lowest BCUT2D eigenvalue weighted by Gasteiger charge is -2.45. The Labute approximate surface area is 376 Å². The lowest BCUT2D eigenvalue weighted by molar-refractivity contribution is -0.249. The van der Waals surface area contributed by atoms with Crippen LogP contribution >= 0.6 is 0 Å². The van der Waals surface area contributed by atoms with Crippen molar-refractivity contribution in [3.8, 4) is 0 Å². The molecule has 9 atom stereocenters. The number of nitrogens with zero attached hydrogens (tertiary/aromatic N) is 4. The number of benzene rings is 1. The number of rotatable bonds is 26. The number of ketones is 1. The van der Waals surface area contributed by atoms with Crippen LogP contribution in [0.2, 0.25) is 0 Å². The van der Waals surface area contributed by atoms with E-state index in [9.17, 15) is 28.8 Å². The number of nitrogens with one attached hydrogen (secondary N) is 2. The fraction of sp³-hybridized carbons (Fsp3) is 0.652. The molecule has 1 aromatic heterocycles. The van der Waals surface area contributed by atoms with Crippen molar-refractivity contribution in [3.05, 3.63) is 58.6 Å². The maximum atomic E-state index is 13.1. The summed E-state index contributed by atoms with van der Waals surface area (Å²) >= 11 is 0. The second-order valence-electron chi connectivity index (χ2n) is 16.5. The van der Waals surface area contributed by atoms with Gasteiger partial charge in [-0.3, -0.25) is 19.0 Å². The molecular weight excluding hydrogens is 829 g/mol. The summed E-state index contributed by atoms with van der Waals surface area (Å²) in [6, 6.07) is 9.55. The highest BCUT2D eigenvalue weighted by Crippen LogP contribution is 2.35. The van der Waals surface area contributed by atoms with Gasteiger partial charge in [-0.1, -0.05) is 51.8 Å². The summed E-state index contributed by atoms with van der Waals surface area (Å²) in [6.07, 6.45) is 3.96. The maximum absolute atomic E-state index is 13.1. The van der Waals surface area contributed by atoms with Crippen molar-refractivity contribution in [1.29, 1.82) is 0 Å². The minimum atomic E-state index is -0.990. The van der Waals surface area contributed by atoms with E-state index >= 15 is 0 Å². The van der Waals surface area contributed by atoms with E-state index in [1.54, 1.807) is 49.3 Å². The molecule has 0 saturated carbocycles. The Hall–Kier alpha value is -5.04. The second-order valence-corrected chi connectivity index (χ2v) is 16.5. The summed E-state index contributed by atoms with van der Waals surface area (Å²) in [4.78, 5) is 85.3. The molecule has 2 amide bonds. The summed E-state index contributed by atoms with van der Waals surface area (Å²) < 4.78 is 38.0. The molecule has 64 heavy (non-hydrogen) atoms. The number of hydrogen-bond acceptors (Lipinski definition) is 14. The van der Waals surface area contributed by atoms with Crippen molar-refractivity contribution < 1.29 is 52.4 Å². The lowest BCUT2D eigenvalue weighted by atomic mass is 9.87. The number of carbonyl (C=O) groups is 5. The number of Topliss-reactive ketones (excluding diaryl/α,β-unsaturated/α-hetero) is 1. The fourth-order valence-electron chi connectivity index (χ4n) is 7.64. The van der Waals surface area contributed by atoms with Gasteiger partial charge < -0.3 is 48.7 Å². The third-order valence-corrected chi connectivity index (χ3v) is 11.0. The van der Waals surface area contributed by atoms with Crippen LogP contribution in [0.1, 0.15) is 122 Å². The third kappa shape index (κ3) is 16.2. The van der Waals surface area contributed by atoms with Gasteiger partial charge in [-0.25, -0.2) is 14.6 Å². The number of unbranched alkanes of at least 4 members (excludes halogenated alkanes) is 4. The molecular formula is C46H68N6O12. The van der Waals surface area contributed by atoms with Crippen LogP contribution in [-0.2, 0) is 47.6 Å². The molecule has 2 aliphatic heterocycles. The van der Waals surface area contributed by atoms with Gasteiger partial charge in [0.2, 0.25) is 11.8 Å². The predicted octanol–water partition coefficient (Wildman–Crippen LogP) is 4.80. The van der Waals surface area contributed by atoms with Gasteiger partial charge >= 0.3 is 17.6 Å². The van der Waals surface area contributed by atoms with E-state index in [2.05, 4.69) is 20.6 Å². The molecule has 1 aromatic carbocycles. The molecule has 2 aliphatic rings. The zero-order valence-electron chi connectivity index (χ0n) is 38.4. The zero-order valence-corrected chi connectivity index (χ0v) is 38.4. The Morgan fingerprint density at radius 3 is 2.20 bits per heavy atom. The first-order valence-electron chi connectivity index (χ1n) is 22.5. The molecule has 354 valence electrons. The molecule has 18 nitrogen and oxygen atoms in total. The van der Waals surface area contributed by atoms with Crippen LogP contribution in [-0.4, -0.2) is 127 Å². The summed E-state index contributed by atoms with van der Waals surface area (Å²) in [5.74, 6) is -1.56. The fourth-order valence-corrected chi connectivity index (χ4v) is 7.64. The van der Waals surface area contributed by atoms with E-state index in [0.717, 1.165) is 19.3 Å². The van der Waals surface area contributed by atoms with Crippen molar-refractivity contribution in [2.45, 2.75) is 154 Å². The Bertz CT molecular complexity index is 1890. The molecule has 0 spiro atoms. The first-order chi connectivity index (χ1) is 30.7. The van der Waals surface area contributed by atoms with Gasteiger partial charge in [0.05, 0.1) is 30.5 Å². The van der Waals surface area contributed by atoms with Crippen LogP contribution in [0.3, 0.4) is 0 Å². The molecule has 2 saturated heterocycles. The molecule has 4 rings (SSSR count). The van der Waals surface area contributed by atoms with Crippen LogP contribution < -0.4 is 16.3 Å². The SMILES string of the molecule is CC[C@H]1O[C@@H](n2ccc(N=CN(C)C)nc2=O)[C@@H](OC(=O)CCC(C)=O)C1OCCCCCCNC(=O)CCCCO[C@@H]1O[C@H](CC)[C@H](C)[C@H](OC(=O)c2ccccc2)[C@H]1NC(C)=O. The van der Waals surface area contributed by atoms with E-state index in [4.69, 9.17) is 28.4 Å². The van der Waals surface area contributed by atoms with Crippen LogP contribution in [0.4, 0.5) is 5.82 Å². The minimum Gasteiger partial charge on any atom is -0.456 e. The minimum absolute atomic E-state index is 0.0335. The summed E-state index contributed by atoms with van der Waals surface area (Å²) in [5.41, 5.74) is -0.210. The van der Waals surface area contributed by atoms with Crippen LogP contribution in [0.15, 0.2) is 52.4 Å². The molecule has 0 bridgehead atoms. The molecule has 2 fully saturated rings. The van der Waals surface area contributed by atoms with Crippen molar-refractivity contribution in [2.75, 3.05) is 33.9 Å². The number of amides is 2. The third-order valence-electron chi connectivity index (χ3n) is 11.0. The number of ether oxygens (including phenoxy) is 6. The first kappa shape index (κ1) is 51.6. The molecule has 2 N–H and O–H groups in total. The molecule has 2 aromatic rings. The summed E-state index contributed by atoms with van der Waals surface area (Å²) in [7, 11) is 3.59. The van der Waals surface area contributed by atoms with E-state index < -0.39 is 60.6 Å². The van der Waals surface area contributed by atoms with Crippen LogP contribution in [0, 0.1) is 5.92 Å². The highest BCUT2D eigenvalue weighted by Gasteiger charge is 2.49. The van der Waals surface area contributed by atoms with Gasteiger partial charge in [0.15, 0.2) is 24.4 Å². The number of aromatic nitrogens is 2. The average Bonchev–Trinajstić information content (AvgIpc) is 3.60. The number of aliphatic imine (C=N–C) groups is 1. The second kappa shape index (κ2) is 26.7. The Balaban J connectivity index is 1.18. The van der Waals surface area contributed by atoms with Gasteiger partial charge in [0, 0.05) is 65.7 Å². The van der Waals surface area contributed by atoms with Crippen molar-refractivity contribution in [1.82, 2.24) is 25.1 Å². The van der Waals surface area contributed by atoms with Crippen molar-refractivity contribution in [3.63, 3.8) is 0 Å². The topological polar surface area (TPSA) is 215 Å². The molecule has 18 heteroatoms. The van der Waals surface area contributed by atoms with Gasteiger partial charge in [0.1, 0.15) is 24.0 Å². The van der Waals surface area contributed by atoms with E-state index in [-0.39, 0.29) is 54.9 Å². The van der Waals surface area contributed by atoms with E-state index in [0.29, 0.717) is 57.2 Å². The Morgan fingerprint density at radius 1 is 0.828 bits per heavy atom. The normalized spacial score (nSPS) is 24.3. The Morgan fingerprint density at radius 2 is 1.53 bits per heavy atom. The maximum Gasteiger partial charge on any atom is 0.351 e. The molecule has 3 heterocycles. The highest BCUT2D eigenvalue weighted by atomic mass is 16.7. The van der Waals surface area contributed by atoms with Crippen molar-refractivity contribution in [2.24, 2.45) is 10.9 Å². The summed E-state index contributed by atoms with van der Waals surface area (Å²) in [6.45, 7) is 9.81. The smallest absolute Gasteiger partial charge is 0.351 e. The van der Waals surface area contributed by atoms with Gasteiger partial charge in [0.25, 0.3) is 0 Å². The largest absolute Gasteiger partial charge is 0.456 e. The predicted molar refractivity (Wildman–Crippen MR) is 237 cm³/mol. The highest BCUT2D eigenvalue weighted by molar-refractivity contribution is 5.89. The van der Waals surface area contributed by atoms with Gasteiger partial charge in [-0.15, -0.1) is 0 Å². The molecule has 0 radical (unpaired) electrons. The van der Waals surface area contributed by atoms with E-state index in [1.165, 1.54) is 30.9 Å². The van der Waals surface area contributed by atoms with Crippen LogP contribution in [0.25, 0.3) is 0 Å². The molecule has 1 unspecified atom stereocenters. The summed E-state index contributed by atoms with van der Waals surface area (Å²) in [5, 5.41) is 5.86. The quantitative estimate of drug-likeness (QED) is 0.0562. The first-order valence-corrected chi connectivity index (χ1v) is 22.5. The number of esters is 2. The monoisotopic (exact) mass is 896 g/mol. The lowest BCUT2D eigenvalue weighted by Crippen LogP contribution is -2.62. The molecule has 0 aliphatic carbocycles. The van der Waals surface area contributed by atoms with Crippen molar-refractivity contribution >= 4 is 41.7 Å². The van der Waals surface area contributed by atoms with Gasteiger partial charge in [-0.05, 0) is 63.6 Å². The van der Waals surface area contributed by atoms with Gasteiger partial charge in [-0.2, -0.15) is 4.98 Å². The number of hydrogen-bond donors (Lipinski definition) is 2. The van der Waals surface area contributed by atoms with Crippen LogP contribution in [0.5, 0.6) is 0 Å². The standard InChI is InChI=1S/C46H68N6O12/c1-8-34-31(4)40(64-44(57)33-19-13-12-14-20-33)39(49-32(5)54)45(62-34)60-28-18-15-21-37(55)47-25-16-10-11-17-27-59-41-35(9-2)61-43(42(41)63-38(56)23-22-30(3)53)52-26-24-36(50-46(52)58)48-29-51(6)7/h12-14,19-20,24,26,29,31,34-35,39-43,45H,8-11,15-18,21-23,25,27-28H2,1-7H3,(H,47,55)(H,49,54)/t31-,34+,35+,39+,40-,41?,42-,43+,45+/m0/s1. The average molecular weight is 897 g/mol. The van der Waals surface area contributed by atoms with E-state index in [1.807, 2.05) is 26.8 Å². The number of carbonyl (C=O) groups excluding carboxylic acids is 5.